The highest BCUT2D eigenvalue weighted by Crippen LogP contribution is 2.29. The molecule has 0 saturated heterocycles. The molecule has 2 rings (SSSR count). The summed E-state index contributed by atoms with van der Waals surface area (Å²) >= 11 is 3.29. The molecule has 1 heterocycles. The number of benzene rings is 1. The van der Waals surface area contributed by atoms with E-state index in [2.05, 4.69) is 25.8 Å². The maximum absolute atomic E-state index is 12.6. The molecule has 21 heavy (non-hydrogen) atoms. The fourth-order valence-corrected chi connectivity index (χ4v) is 3.97. The van der Waals surface area contributed by atoms with Crippen LogP contribution >= 0.6 is 15.9 Å². The molecule has 0 saturated carbocycles. The zero-order valence-electron chi connectivity index (χ0n) is 12.2. The van der Waals surface area contributed by atoms with Gasteiger partial charge in [-0.25, -0.2) is 8.42 Å². The standard InChI is InChI=1S/C13H17BrN4O2S/c1-7-5-10(14)11(15)6-12(7)21(19,20)17-13-8(2)16-18(4)9(13)3/h5-6,17H,15H2,1-4H3. The number of nitrogens with one attached hydrogen (secondary N) is 1. The number of anilines is 2. The molecule has 0 radical (unpaired) electrons. The van der Waals surface area contributed by atoms with Gasteiger partial charge in [-0.2, -0.15) is 5.10 Å². The molecule has 0 bridgehead atoms. The number of rotatable bonds is 3. The summed E-state index contributed by atoms with van der Waals surface area (Å²) in [5.74, 6) is 0. The molecule has 0 aliphatic rings. The molecular weight excluding hydrogens is 356 g/mol. The molecule has 0 unspecified atom stereocenters. The van der Waals surface area contributed by atoms with Crippen molar-refractivity contribution in [2.45, 2.75) is 25.7 Å². The first kappa shape index (κ1) is 15.8. The molecule has 0 amide bonds. The monoisotopic (exact) mass is 372 g/mol. The Kier molecular flexibility index (Phi) is 4.03. The fourth-order valence-electron chi connectivity index (χ4n) is 2.07. The number of aromatic nitrogens is 2. The average molecular weight is 373 g/mol. The second-order valence-corrected chi connectivity index (χ2v) is 7.42. The molecule has 0 aliphatic heterocycles. The van der Waals surface area contributed by atoms with Crippen molar-refractivity contribution in [2.24, 2.45) is 7.05 Å². The van der Waals surface area contributed by atoms with Gasteiger partial charge in [0.1, 0.15) is 0 Å². The lowest BCUT2D eigenvalue weighted by Crippen LogP contribution is -2.16. The van der Waals surface area contributed by atoms with E-state index in [9.17, 15) is 8.42 Å². The molecule has 114 valence electrons. The van der Waals surface area contributed by atoms with Crippen molar-refractivity contribution in [3.63, 3.8) is 0 Å². The van der Waals surface area contributed by atoms with Crippen molar-refractivity contribution in [3.8, 4) is 0 Å². The predicted molar refractivity (Wildman–Crippen MR) is 86.8 cm³/mol. The van der Waals surface area contributed by atoms with Gasteiger partial charge in [-0.1, -0.05) is 0 Å². The number of nitrogen functional groups attached to an aromatic ring is 1. The summed E-state index contributed by atoms with van der Waals surface area (Å²) in [6, 6.07) is 3.13. The van der Waals surface area contributed by atoms with Gasteiger partial charge in [-0.05, 0) is 54.4 Å². The van der Waals surface area contributed by atoms with Gasteiger partial charge in [0.2, 0.25) is 0 Å². The van der Waals surface area contributed by atoms with Crippen LogP contribution in [-0.4, -0.2) is 18.2 Å². The fraction of sp³-hybridized carbons (Fsp3) is 0.308. The lowest BCUT2D eigenvalue weighted by atomic mass is 10.2. The molecular formula is C13H17BrN4O2S. The molecule has 0 spiro atoms. The van der Waals surface area contributed by atoms with Crippen LogP contribution in [0.1, 0.15) is 17.0 Å². The van der Waals surface area contributed by atoms with E-state index in [-0.39, 0.29) is 4.90 Å². The van der Waals surface area contributed by atoms with Gasteiger partial charge >= 0.3 is 0 Å². The lowest BCUT2D eigenvalue weighted by Gasteiger charge is -2.12. The third-order valence-corrected chi connectivity index (χ3v) is 5.51. The zero-order chi connectivity index (χ0) is 15.9. The van der Waals surface area contributed by atoms with Crippen molar-refractivity contribution in [2.75, 3.05) is 10.5 Å². The summed E-state index contributed by atoms with van der Waals surface area (Å²) in [6.07, 6.45) is 0. The van der Waals surface area contributed by atoms with Crippen LogP contribution in [0.4, 0.5) is 11.4 Å². The van der Waals surface area contributed by atoms with E-state index in [4.69, 9.17) is 5.73 Å². The van der Waals surface area contributed by atoms with E-state index in [0.29, 0.717) is 27.1 Å². The van der Waals surface area contributed by atoms with Crippen LogP contribution in [0.5, 0.6) is 0 Å². The maximum Gasteiger partial charge on any atom is 0.262 e. The first-order valence-corrected chi connectivity index (χ1v) is 8.49. The SMILES string of the molecule is Cc1cc(Br)c(N)cc1S(=O)(=O)Nc1c(C)nn(C)c1C. The molecule has 0 fully saturated rings. The predicted octanol–water partition coefficient (Wildman–Crippen LogP) is 2.49. The van der Waals surface area contributed by atoms with E-state index < -0.39 is 10.0 Å². The van der Waals surface area contributed by atoms with E-state index in [1.165, 1.54) is 6.07 Å². The Morgan fingerprint density at radius 3 is 2.43 bits per heavy atom. The Balaban J connectivity index is 2.51. The molecule has 3 N–H and O–H groups in total. The van der Waals surface area contributed by atoms with Crippen molar-refractivity contribution in [1.82, 2.24) is 9.78 Å². The smallest absolute Gasteiger partial charge is 0.262 e. The third kappa shape index (κ3) is 2.91. The van der Waals surface area contributed by atoms with Crippen LogP contribution in [0.3, 0.4) is 0 Å². The number of nitrogens with zero attached hydrogens (tertiary/aromatic N) is 2. The third-order valence-electron chi connectivity index (χ3n) is 3.33. The van der Waals surface area contributed by atoms with Crippen LogP contribution in [0, 0.1) is 20.8 Å². The summed E-state index contributed by atoms with van der Waals surface area (Å²) in [4.78, 5) is 0.158. The number of nitrogens with two attached hydrogens (primary N) is 1. The van der Waals surface area contributed by atoms with Gasteiger partial charge < -0.3 is 5.73 Å². The van der Waals surface area contributed by atoms with Crippen molar-refractivity contribution < 1.29 is 8.42 Å². The van der Waals surface area contributed by atoms with Gasteiger partial charge in [0, 0.05) is 17.2 Å². The van der Waals surface area contributed by atoms with E-state index in [1.54, 1.807) is 38.6 Å². The van der Waals surface area contributed by atoms with Gasteiger partial charge in [0.15, 0.2) is 0 Å². The first-order valence-electron chi connectivity index (χ1n) is 6.22. The molecule has 2 aromatic rings. The Labute approximate surface area is 132 Å². The van der Waals surface area contributed by atoms with Gasteiger partial charge in [-0.15, -0.1) is 0 Å². The number of halogens is 1. The number of aryl methyl sites for hydroxylation is 3. The normalized spacial score (nSPS) is 11.7. The van der Waals surface area contributed by atoms with Gasteiger partial charge in [-0.3, -0.25) is 9.40 Å². The minimum Gasteiger partial charge on any atom is -0.398 e. The second-order valence-electron chi connectivity index (χ2n) is 4.91. The summed E-state index contributed by atoms with van der Waals surface area (Å²) in [7, 11) is -1.95. The van der Waals surface area contributed by atoms with Crippen LogP contribution < -0.4 is 10.5 Å². The van der Waals surface area contributed by atoms with Crippen molar-refractivity contribution >= 4 is 37.3 Å². The topological polar surface area (TPSA) is 90.0 Å². The largest absolute Gasteiger partial charge is 0.398 e. The maximum atomic E-state index is 12.6. The average Bonchev–Trinajstić information content (AvgIpc) is 2.60. The van der Waals surface area contributed by atoms with Crippen LogP contribution in [-0.2, 0) is 17.1 Å². The summed E-state index contributed by atoms with van der Waals surface area (Å²) in [6.45, 7) is 5.29. The van der Waals surface area contributed by atoms with Gasteiger partial charge in [0.25, 0.3) is 10.0 Å². The lowest BCUT2D eigenvalue weighted by molar-refractivity contribution is 0.600. The zero-order valence-corrected chi connectivity index (χ0v) is 14.6. The molecule has 6 nitrogen and oxygen atoms in total. The van der Waals surface area contributed by atoms with Gasteiger partial charge in [0.05, 0.1) is 22.0 Å². The number of sulfonamides is 1. The quantitative estimate of drug-likeness (QED) is 0.809. The highest BCUT2D eigenvalue weighted by Gasteiger charge is 2.22. The number of hydrogen-bond acceptors (Lipinski definition) is 4. The Bertz CT molecular complexity index is 812. The van der Waals surface area contributed by atoms with E-state index >= 15 is 0 Å². The summed E-state index contributed by atoms with van der Waals surface area (Å²) in [5.41, 5.74) is 8.65. The Hall–Kier alpha value is -1.54. The molecule has 0 atom stereocenters. The van der Waals surface area contributed by atoms with E-state index in [0.717, 1.165) is 5.69 Å². The Morgan fingerprint density at radius 1 is 1.29 bits per heavy atom. The molecule has 1 aromatic carbocycles. The number of hydrogen-bond donors (Lipinski definition) is 2. The molecule has 1 aromatic heterocycles. The Morgan fingerprint density at radius 2 is 1.90 bits per heavy atom. The minimum absolute atomic E-state index is 0.158. The van der Waals surface area contributed by atoms with Crippen LogP contribution in [0.15, 0.2) is 21.5 Å². The highest BCUT2D eigenvalue weighted by atomic mass is 79.9. The van der Waals surface area contributed by atoms with Crippen LogP contribution in [0.25, 0.3) is 0 Å². The van der Waals surface area contributed by atoms with Crippen molar-refractivity contribution in [1.29, 1.82) is 0 Å². The molecule has 8 heteroatoms. The summed E-state index contributed by atoms with van der Waals surface area (Å²) < 4.78 is 30.1. The van der Waals surface area contributed by atoms with Crippen LogP contribution in [0.2, 0.25) is 0 Å². The molecule has 0 aliphatic carbocycles. The minimum atomic E-state index is -3.72. The van der Waals surface area contributed by atoms with Crippen molar-refractivity contribution in [3.05, 3.63) is 33.6 Å². The first-order chi connectivity index (χ1) is 9.63. The summed E-state index contributed by atoms with van der Waals surface area (Å²) in [5, 5.41) is 4.20. The second kappa shape index (κ2) is 5.34. The highest BCUT2D eigenvalue weighted by molar-refractivity contribution is 9.10. The van der Waals surface area contributed by atoms with E-state index in [1.807, 2.05) is 0 Å².